The SMILES string of the molecule is CCNCCC(=O)N1CCSCC1S(C)(=O)=O. The molecule has 0 radical (unpaired) electrons. The van der Waals surface area contributed by atoms with Crippen LogP contribution in [-0.2, 0) is 14.6 Å². The van der Waals surface area contributed by atoms with Crippen molar-refractivity contribution >= 4 is 27.5 Å². The first-order valence-electron chi connectivity index (χ1n) is 5.73. The quantitative estimate of drug-likeness (QED) is 0.714. The van der Waals surface area contributed by atoms with Gasteiger partial charge in [0.05, 0.1) is 0 Å². The number of hydrogen-bond acceptors (Lipinski definition) is 5. The normalized spacial score (nSPS) is 21.5. The maximum atomic E-state index is 11.9. The lowest BCUT2D eigenvalue weighted by atomic mass is 10.3. The monoisotopic (exact) mass is 280 g/mol. The highest BCUT2D eigenvalue weighted by Crippen LogP contribution is 2.20. The molecule has 7 heteroatoms. The Labute approximate surface area is 107 Å². The molecule has 1 rings (SSSR count). The minimum absolute atomic E-state index is 0.0679. The Hall–Kier alpha value is -0.270. The summed E-state index contributed by atoms with van der Waals surface area (Å²) in [6.45, 7) is 3.93. The molecule has 0 spiro atoms. The molecular weight excluding hydrogens is 260 g/mol. The third-order valence-electron chi connectivity index (χ3n) is 2.66. The molecule has 1 heterocycles. The second kappa shape index (κ2) is 6.61. The summed E-state index contributed by atoms with van der Waals surface area (Å²) in [7, 11) is -3.19. The zero-order valence-corrected chi connectivity index (χ0v) is 11.9. The topological polar surface area (TPSA) is 66.5 Å². The van der Waals surface area contributed by atoms with Gasteiger partial charge in [-0.1, -0.05) is 6.92 Å². The van der Waals surface area contributed by atoms with Crippen molar-refractivity contribution in [3.05, 3.63) is 0 Å². The van der Waals surface area contributed by atoms with Gasteiger partial charge in [-0.25, -0.2) is 8.42 Å². The molecule has 1 aliphatic rings. The minimum Gasteiger partial charge on any atom is -0.324 e. The van der Waals surface area contributed by atoms with E-state index in [4.69, 9.17) is 0 Å². The zero-order valence-electron chi connectivity index (χ0n) is 10.3. The summed E-state index contributed by atoms with van der Waals surface area (Å²) in [4.78, 5) is 13.5. The molecule has 0 aliphatic carbocycles. The van der Waals surface area contributed by atoms with E-state index in [2.05, 4.69) is 5.32 Å². The summed E-state index contributed by atoms with van der Waals surface area (Å²) in [5.74, 6) is 1.24. The van der Waals surface area contributed by atoms with Crippen LogP contribution in [-0.4, -0.2) is 62.0 Å². The van der Waals surface area contributed by atoms with E-state index in [-0.39, 0.29) is 5.91 Å². The van der Waals surface area contributed by atoms with Crippen molar-refractivity contribution in [3.8, 4) is 0 Å². The molecule has 0 saturated carbocycles. The van der Waals surface area contributed by atoms with Gasteiger partial charge >= 0.3 is 0 Å². The molecule has 1 fully saturated rings. The van der Waals surface area contributed by atoms with Crippen LogP contribution in [0.3, 0.4) is 0 Å². The standard InChI is InChI=1S/C10H20N2O3S2/c1-3-11-5-4-9(13)12-6-7-16-8-10(12)17(2,14)15/h10-11H,3-8H2,1-2H3. The molecule has 5 nitrogen and oxygen atoms in total. The predicted octanol–water partition coefficient (Wildman–Crippen LogP) is -0.0679. The molecule has 17 heavy (non-hydrogen) atoms. The van der Waals surface area contributed by atoms with Crippen molar-refractivity contribution in [1.82, 2.24) is 10.2 Å². The maximum absolute atomic E-state index is 11.9. The fourth-order valence-corrected chi connectivity index (χ4v) is 4.57. The molecule has 0 aromatic heterocycles. The van der Waals surface area contributed by atoms with E-state index in [0.717, 1.165) is 12.3 Å². The maximum Gasteiger partial charge on any atom is 0.224 e. The van der Waals surface area contributed by atoms with E-state index in [1.807, 2.05) is 6.92 Å². The van der Waals surface area contributed by atoms with E-state index < -0.39 is 15.2 Å². The van der Waals surface area contributed by atoms with Crippen molar-refractivity contribution in [3.63, 3.8) is 0 Å². The molecule has 1 N–H and O–H groups in total. The van der Waals surface area contributed by atoms with Crippen LogP contribution in [0.5, 0.6) is 0 Å². The Kier molecular flexibility index (Phi) is 5.75. The lowest BCUT2D eigenvalue weighted by molar-refractivity contribution is -0.131. The summed E-state index contributed by atoms with van der Waals surface area (Å²) < 4.78 is 23.2. The van der Waals surface area contributed by atoms with E-state index in [1.54, 1.807) is 11.8 Å². The second-order valence-corrected chi connectivity index (χ2v) is 7.40. The molecule has 100 valence electrons. The minimum atomic E-state index is -3.19. The Bertz CT molecular complexity index is 357. The van der Waals surface area contributed by atoms with Crippen molar-refractivity contribution in [2.24, 2.45) is 0 Å². The van der Waals surface area contributed by atoms with Gasteiger partial charge in [0.15, 0.2) is 9.84 Å². The van der Waals surface area contributed by atoms with Gasteiger partial charge in [-0.05, 0) is 6.54 Å². The molecular formula is C10H20N2O3S2. The first-order chi connectivity index (χ1) is 7.96. The van der Waals surface area contributed by atoms with Gasteiger partial charge in [-0.3, -0.25) is 4.79 Å². The highest BCUT2D eigenvalue weighted by atomic mass is 32.2. The number of carbonyl (C=O) groups excluding carboxylic acids is 1. The van der Waals surface area contributed by atoms with Gasteiger partial charge in [-0.15, -0.1) is 0 Å². The molecule has 1 saturated heterocycles. The summed E-state index contributed by atoms with van der Waals surface area (Å²) in [6, 6.07) is 0. The van der Waals surface area contributed by atoms with Crippen LogP contribution in [0.15, 0.2) is 0 Å². The molecule has 1 aliphatic heterocycles. The smallest absolute Gasteiger partial charge is 0.224 e. The third kappa shape index (κ3) is 4.48. The number of amides is 1. The van der Waals surface area contributed by atoms with Crippen LogP contribution in [0.25, 0.3) is 0 Å². The lowest BCUT2D eigenvalue weighted by Gasteiger charge is -2.34. The highest BCUT2D eigenvalue weighted by Gasteiger charge is 2.33. The van der Waals surface area contributed by atoms with Crippen LogP contribution >= 0.6 is 11.8 Å². The van der Waals surface area contributed by atoms with E-state index >= 15 is 0 Å². The summed E-state index contributed by atoms with van der Waals surface area (Å²) in [5.41, 5.74) is 0. The van der Waals surface area contributed by atoms with Gasteiger partial charge in [-0.2, -0.15) is 11.8 Å². The Morgan fingerprint density at radius 3 is 2.82 bits per heavy atom. The number of nitrogens with one attached hydrogen (secondary N) is 1. The first kappa shape index (κ1) is 14.8. The van der Waals surface area contributed by atoms with Gasteiger partial charge in [0, 0.05) is 37.3 Å². The largest absolute Gasteiger partial charge is 0.324 e. The third-order valence-corrected chi connectivity index (χ3v) is 5.31. The van der Waals surface area contributed by atoms with Gasteiger partial charge in [0.25, 0.3) is 0 Å². The van der Waals surface area contributed by atoms with Crippen LogP contribution in [0.1, 0.15) is 13.3 Å². The molecule has 0 aromatic rings. The number of sulfone groups is 1. The summed E-state index contributed by atoms with van der Waals surface area (Å²) in [6.07, 6.45) is 1.57. The van der Waals surface area contributed by atoms with Gasteiger partial charge in [0.2, 0.25) is 5.91 Å². The van der Waals surface area contributed by atoms with Crippen LogP contribution in [0.4, 0.5) is 0 Å². The number of rotatable bonds is 5. The van der Waals surface area contributed by atoms with E-state index in [9.17, 15) is 13.2 Å². The van der Waals surface area contributed by atoms with Crippen LogP contribution < -0.4 is 5.32 Å². The average Bonchev–Trinajstić information content (AvgIpc) is 2.28. The van der Waals surface area contributed by atoms with Crippen LogP contribution in [0.2, 0.25) is 0 Å². The Morgan fingerprint density at radius 1 is 1.53 bits per heavy atom. The van der Waals surface area contributed by atoms with E-state index in [1.165, 1.54) is 11.2 Å². The lowest BCUT2D eigenvalue weighted by Crippen LogP contribution is -2.50. The summed E-state index contributed by atoms with van der Waals surface area (Å²) in [5, 5.41) is 2.43. The van der Waals surface area contributed by atoms with Crippen molar-refractivity contribution in [2.75, 3.05) is 37.4 Å². The van der Waals surface area contributed by atoms with E-state index in [0.29, 0.717) is 25.3 Å². The average molecular weight is 280 g/mol. The Balaban J connectivity index is 2.62. The zero-order chi connectivity index (χ0) is 12.9. The summed E-state index contributed by atoms with van der Waals surface area (Å²) >= 11 is 1.59. The van der Waals surface area contributed by atoms with Crippen LogP contribution in [0, 0.1) is 0 Å². The number of carbonyl (C=O) groups is 1. The molecule has 0 aromatic carbocycles. The number of nitrogens with zero attached hydrogens (tertiary/aromatic N) is 1. The Morgan fingerprint density at radius 2 is 2.24 bits per heavy atom. The van der Waals surface area contributed by atoms with Gasteiger partial charge < -0.3 is 10.2 Å². The molecule has 1 unspecified atom stereocenters. The molecule has 1 amide bonds. The van der Waals surface area contributed by atoms with Crippen molar-refractivity contribution < 1.29 is 13.2 Å². The number of thioether (sulfide) groups is 1. The first-order valence-corrected chi connectivity index (χ1v) is 8.84. The number of hydrogen-bond donors (Lipinski definition) is 1. The van der Waals surface area contributed by atoms with Crippen molar-refractivity contribution in [2.45, 2.75) is 18.7 Å². The second-order valence-electron chi connectivity index (χ2n) is 4.05. The fourth-order valence-electron chi connectivity index (χ4n) is 1.74. The molecule has 0 bridgehead atoms. The fraction of sp³-hybridized carbons (Fsp3) is 0.900. The molecule has 1 atom stereocenters. The van der Waals surface area contributed by atoms with Crippen molar-refractivity contribution in [1.29, 1.82) is 0 Å². The predicted molar refractivity (Wildman–Crippen MR) is 70.8 cm³/mol. The van der Waals surface area contributed by atoms with Gasteiger partial charge in [0.1, 0.15) is 5.37 Å². The highest BCUT2D eigenvalue weighted by molar-refractivity contribution is 8.00.